The molecule has 2 amide bonds. The first kappa shape index (κ1) is 20.5. The molecule has 0 atom stereocenters. The Bertz CT molecular complexity index is 866. The number of carbonyl (C=O) groups excluding carboxylic acids is 2. The summed E-state index contributed by atoms with van der Waals surface area (Å²) in [6, 6.07) is 11.9. The van der Waals surface area contributed by atoms with Gasteiger partial charge in [0.25, 0.3) is 5.91 Å². The first-order valence-electron chi connectivity index (χ1n) is 9.32. The SMILES string of the molecule is CCc1ccccc1NC(=O)CN1CCN(C(=O)c2cc(F)ccc2Br)CC1. The molecule has 1 N–H and O–H groups in total. The lowest BCUT2D eigenvalue weighted by molar-refractivity contribution is -0.117. The number of rotatable bonds is 5. The lowest BCUT2D eigenvalue weighted by Gasteiger charge is -2.34. The van der Waals surface area contributed by atoms with Crippen molar-refractivity contribution in [1.29, 1.82) is 0 Å². The van der Waals surface area contributed by atoms with E-state index in [0.29, 0.717) is 36.2 Å². The lowest BCUT2D eigenvalue weighted by atomic mass is 10.1. The molecule has 0 saturated carbocycles. The maximum absolute atomic E-state index is 13.5. The number of anilines is 1. The number of hydrogen-bond donors (Lipinski definition) is 1. The predicted molar refractivity (Wildman–Crippen MR) is 111 cm³/mol. The van der Waals surface area contributed by atoms with Gasteiger partial charge >= 0.3 is 0 Å². The highest BCUT2D eigenvalue weighted by molar-refractivity contribution is 9.10. The number of nitrogens with one attached hydrogen (secondary N) is 1. The van der Waals surface area contributed by atoms with E-state index < -0.39 is 5.82 Å². The van der Waals surface area contributed by atoms with E-state index in [2.05, 4.69) is 28.2 Å². The average Bonchev–Trinajstić information content (AvgIpc) is 2.70. The lowest BCUT2D eigenvalue weighted by Crippen LogP contribution is -2.50. The fourth-order valence-corrected chi connectivity index (χ4v) is 3.70. The Kier molecular flexibility index (Phi) is 6.80. The van der Waals surface area contributed by atoms with Crippen LogP contribution >= 0.6 is 15.9 Å². The summed E-state index contributed by atoms with van der Waals surface area (Å²) in [4.78, 5) is 28.7. The normalized spacial score (nSPS) is 14.8. The molecule has 1 aliphatic heterocycles. The summed E-state index contributed by atoms with van der Waals surface area (Å²) in [5, 5.41) is 2.97. The Morgan fingerprint density at radius 3 is 2.54 bits per heavy atom. The summed E-state index contributed by atoms with van der Waals surface area (Å²) in [6.07, 6.45) is 0.854. The van der Waals surface area contributed by atoms with Gasteiger partial charge in [-0.25, -0.2) is 4.39 Å². The maximum Gasteiger partial charge on any atom is 0.255 e. The highest BCUT2D eigenvalue weighted by Gasteiger charge is 2.25. The van der Waals surface area contributed by atoms with Crippen LogP contribution in [0, 0.1) is 5.82 Å². The van der Waals surface area contributed by atoms with Gasteiger partial charge in [0.1, 0.15) is 5.82 Å². The molecule has 7 heteroatoms. The summed E-state index contributed by atoms with van der Waals surface area (Å²) in [7, 11) is 0. The number of carbonyl (C=O) groups is 2. The third-order valence-electron chi connectivity index (χ3n) is 4.86. The van der Waals surface area contributed by atoms with Gasteiger partial charge < -0.3 is 10.2 Å². The van der Waals surface area contributed by atoms with Crippen molar-refractivity contribution >= 4 is 33.4 Å². The number of benzene rings is 2. The second kappa shape index (κ2) is 9.30. The number of nitrogens with zero attached hydrogens (tertiary/aromatic N) is 2. The molecule has 0 radical (unpaired) electrons. The van der Waals surface area contributed by atoms with Crippen LogP contribution < -0.4 is 5.32 Å². The molecule has 28 heavy (non-hydrogen) atoms. The smallest absolute Gasteiger partial charge is 0.255 e. The zero-order valence-corrected chi connectivity index (χ0v) is 17.3. The average molecular weight is 448 g/mol. The molecular weight excluding hydrogens is 425 g/mol. The van der Waals surface area contributed by atoms with Crippen LogP contribution in [-0.4, -0.2) is 54.3 Å². The Hall–Kier alpha value is -2.25. The largest absolute Gasteiger partial charge is 0.336 e. The van der Waals surface area contributed by atoms with Crippen LogP contribution in [0.15, 0.2) is 46.9 Å². The summed E-state index contributed by atoms with van der Waals surface area (Å²) in [5.74, 6) is -0.699. The van der Waals surface area contributed by atoms with Crippen LogP contribution in [-0.2, 0) is 11.2 Å². The summed E-state index contributed by atoms with van der Waals surface area (Å²) < 4.78 is 14.0. The molecule has 0 aliphatic carbocycles. The van der Waals surface area contributed by atoms with Crippen molar-refractivity contribution < 1.29 is 14.0 Å². The van der Waals surface area contributed by atoms with Crippen molar-refractivity contribution in [3.05, 3.63) is 63.9 Å². The first-order valence-corrected chi connectivity index (χ1v) is 10.1. The summed E-state index contributed by atoms with van der Waals surface area (Å²) in [5.41, 5.74) is 2.27. The number of aryl methyl sites for hydroxylation is 1. The van der Waals surface area contributed by atoms with Crippen LogP contribution in [0.2, 0.25) is 0 Å². The number of piperazine rings is 1. The van der Waals surface area contributed by atoms with E-state index in [0.717, 1.165) is 17.7 Å². The van der Waals surface area contributed by atoms with E-state index in [1.165, 1.54) is 18.2 Å². The second-order valence-electron chi connectivity index (χ2n) is 6.75. The maximum atomic E-state index is 13.5. The molecule has 1 saturated heterocycles. The van der Waals surface area contributed by atoms with E-state index in [-0.39, 0.29) is 18.4 Å². The van der Waals surface area contributed by atoms with E-state index in [9.17, 15) is 14.0 Å². The molecule has 1 heterocycles. The number of para-hydroxylation sites is 1. The van der Waals surface area contributed by atoms with Gasteiger partial charge in [-0.3, -0.25) is 14.5 Å². The minimum atomic E-state index is -0.436. The Labute approximate surface area is 172 Å². The van der Waals surface area contributed by atoms with E-state index in [4.69, 9.17) is 0 Å². The molecule has 2 aromatic carbocycles. The van der Waals surface area contributed by atoms with Gasteiger partial charge in [0.05, 0.1) is 12.1 Å². The van der Waals surface area contributed by atoms with Gasteiger partial charge in [0.2, 0.25) is 5.91 Å². The van der Waals surface area contributed by atoms with Gasteiger partial charge in [0.15, 0.2) is 0 Å². The molecule has 148 valence electrons. The number of amides is 2. The molecule has 0 spiro atoms. The van der Waals surface area contributed by atoms with E-state index in [1.807, 2.05) is 29.2 Å². The minimum absolute atomic E-state index is 0.0615. The van der Waals surface area contributed by atoms with Gasteiger partial charge in [-0.05, 0) is 52.2 Å². The van der Waals surface area contributed by atoms with Crippen LogP contribution in [0.3, 0.4) is 0 Å². The van der Waals surface area contributed by atoms with Crippen molar-refractivity contribution in [3.63, 3.8) is 0 Å². The summed E-state index contributed by atoms with van der Waals surface area (Å²) in [6.45, 7) is 4.53. The molecule has 1 aliphatic rings. The fourth-order valence-electron chi connectivity index (χ4n) is 3.28. The zero-order valence-electron chi connectivity index (χ0n) is 15.8. The van der Waals surface area contributed by atoms with Gasteiger partial charge in [-0.2, -0.15) is 0 Å². The van der Waals surface area contributed by atoms with Gasteiger partial charge in [0, 0.05) is 36.3 Å². The third-order valence-corrected chi connectivity index (χ3v) is 5.55. The monoisotopic (exact) mass is 447 g/mol. The van der Waals surface area contributed by atoms with Crippen molar-refractivity contribution in [2.45, 2.75) is 13.3 Å². The van der Waals surface area contributed by atoms with Crippen LogP contribution in [0.5, 0.6) is 0 Å². The van der Waals surface area contributed by atoms with Crippen LogP contribution in [0.1, 0.15) is 22.8 Å². The second-order valence-corrected chi connectivity index (χ2v) is 7.61. The van der Waals surface area contributed by atoms with Gasteiger partial charge in [-0.1, -0.05) is 25.1 Å². The Morgan fingerprint density at radius 2 is 1.82 bits per heavy atom. The molecule has 1 fully saturated rings. The molecule has 5 nitrogen and oxygen atoms in total. The van der Waals surface area contributed by atoms with Crippen molar-refractivity contribution in [1.82, 2.24) is 9.80 Å². The third kappa shape index (κ3) is 4.97. The van der Waals surface area contributed by atoms with E-state index in [1.54, 1.807) is 4.90 Å². The standard InChI is InChI=1S/C21H23BrFN3O2/c1-2-15-5-3-4-6-19(15)24-20(27)14-25-9-11-26(12-10-25)21(28)17-13-16(23)7-8-18(17)22/h3-8,13H,2,9-12,14H2,1H3,(H,24,27). The molecular formula is C21H23BrFN3O2. The number of halogens is 2. The summed E-state index contributed by atoms with van der Waals surface area (Å²) >= 11 is 3.31. The molecule has 0 unspecified atom stereocenters. The highest BCUT2D eigenvalue weighted by Crippen LogP contribution is 2.20. The zero-order chi connectivity index (χ0) is 20.1. The predicted octanol–water partition coefficient (Wildman–Crippen LogP) is 3.55. The molecule has 0 aromatic heterocycles. The van der Waals surface area contributed by atoms with Crippen molar-refractivity contribution in [3.8, 4) is 0 Å². The fraction of sp³-hybridized carbons (Fsp3) is 0.333. The Balaban J connectivity index is 1.53. The highest BCUT2D eigenvalue weighted by atomic mass is 79.9. The van der Waals surface area contributed by atoms with Crippen molar-refractivity contribution in [2.75, 3.05) is 38.0 Å². The molecule has 2 aromatic rings. The van der Waals surface area contributed by atoms with Crippen LogP contribution in [0.4, 0.5) is 10.1 Å². The first-order chi connectivity index (χ1) is 13.5. The van der Waals surface area contributed by atoms with Crippen LogP contribution in [0.25, 0.3) is 0 Å². The van der Waals surface area contributed by atoms with Gasteiger partial charge in [-0.15, -0.1) is 0 Å². The topological polar surface area (TPSA) is 52.7 Å². The Morgan fingerprint density at radius 1 is 1.11 bits per heavy atom. The van der Waals surface area contributed by atoms with Crippen molar-refractivity contribution in [2.24, 2.45) is 0 Å². The molecule has 0 bridgehead atoms. The van der Waals surface area contributed by atoms with E-state index >= 15 is 0 Å². The number of hydrogen-bond acceptors (Lipinski definition) is 3. The quantitative estimate of drug-likeness (QED) is 0.762. The minimum Gasteiger partial charge on any atom is -0.336 e. The molecule has 3 rings (SSSR count).